The van der Waals surface area contributed by atoms with E-state index in [9.17, 15) is 0 Å². The second-order valence-electron chi connectivity index (χ2n) is 5.37. The molecule has 0 saturated carbocycles. The molecule has 3 aromatic rings. The van der Waals surface area contributed by atoms with Gasteiger partial charge in [0, 0.05) is 18.4 Å². The first-order valence-electron chi connectivity index (χ1n) is 7.34. The highest BCUT2D eigenvalue weighted by molar-refractivity contribution is 5.78. The van der Waals surface area contributed by atoms with Gasteiger partial charge in [-0.3, -0.25) is 4.68 Å². The number of nitrogens with zero attached hydrogens (tertiary/aromatic N) is 2. The van der Waals surface area contributed by atoms with E-state index in [2.05, 4.69) is 43.2 Å². The Morgan fingerprint density at radius 3 is 2.76 bits per heavy atom. The zero-order valence-corrected chi connectivity index (χ0v) is 12.5. The summed E-state index contributed by atoms with van der Waals surface area (Å²) in [5.74, 6) is 0.948. The Morgan fingerprint density at radius 2 is 1.90 bits per heavy atom. The Labute approximate surface area is 125 Å². The molecule has 1 aromatic heterocycles. The second-order valence-corrected chi connectivity index (χ2v) is 5.37. The largest absolute Gasteiger partial charge is 0.494 e. The molecule has 0 aliphatic carbocycles. The van der Waals surface area contributed by atoms with Crippen LogP contribution in [0.1, 0.15) is 17.5 Å². The number of hydrogen-bond acceptors (Lipinski definition) is 2. The number of rotatable bonds is 5. The van der Waals surface area contributed by atoms with Crippen LogP contribution in [0, 0.1) is 13.8 Å². The van der Waals surface area contributed by atoms with Crippen LogP contribution in [-0.4, -0.2) is 16.4 Å². The number of aryl methyl sites for hydroxylation is 3. The summed E-state index contributed by atoms with van der Waals surface area (Å²) < 4.78 is 7.85. The molecule has 3 heteroatoms. The Hall–Kier alpha value is -2.29. The molecule has 0 spiro atoms. The highest BCUT2D eigenvalue weighted by atomic mass is 16.5. The van der Waals surface area contributed by atoms with Crippen molar-refractivity contribution in [2.45, 2.75) is 26.8 Å². The smallest absolute Gasteiger partial charge is 0.119 e. The van der Waals surface area contributed by atoms with E-state index < -0.39 is 0 Å². The molecule has 0 radical (unpaired) electrons. The molecule has 0 bridgehead atoms. The molecule has 0 atom stereocenters. The van der Waals surface area contributed by atoms with Crippen molar-refractivity contribution in [1.82, 2.24) is 9.78 Å². The molecule has 0 amide bonds. The van der Waals surface area contributed by atoms with Crippen molar-refractivity contribution < 1.29 is 4.74 Å². The molecule has 0 aliphatic heterocycles. The van der Waals surface area contributed by atoms with Gasteiger partial charge in [0.15, 0.2) is 0 Å². The van der Waals surface area contributed by atoms with Crippen molar-refractivity contribution >= 4 is 10.9 Å². The number of aromatic nitrogens is 2. The molecule has 2 aromatic carbocycles. The summed E-state index contributed by atoms with van der Waals surface area (Å²) >= 11 is 0. The minimum Gasteiger partial charge on any atom is -0.494 e. The zero-order valence-electron chi connectivity index (χ0n) is 12.5. The zero-order chi connectivity index (χ0) is 14.7. The van der Waals surface area contributed by atoms with E-state index >= 15 is 0 Å². The third-order valence-electron chi connectivity index (χ3n) is 3.81. The van der Waals surface area contributed by atoms with Crippen molar-refractivity contribution in [2.75, 3.05) is 6.61 Å². The van der Waals surface area contributed by atoms with Gasteiger partial charge in [-0.1, -0.05) is 24.3 Å². The van der Waals surface area contributed by atoms with Crippen molar-refractivity contribution in [2.24, 2.45) is 0 Å². The van der Waals surface area contributed by atoms with Crippen LogP contribution < -0.4 is 4.74 Å². The molecule has 0 N–H and O–H groups in total. The molecule has 0 unspecified atom stereocenters. The van der Waals surface area contributed by atoms with Crippen LogP contribution in [0.2, 0.25) is 0 Å². The van der Waals surface area contributed by atoms with E-state index in [4.69, 9.17) is 4.74 Å². The number of benzene rings is 2. The molecular formula is C18H20N2O. The van der Waals surface area contributed by atoms with E-state index in [0.717, 1.165) is 18.7 Å². The number of para-hydroxylation sites is 1. The first-order chi connectivity index (χ1) is 10.2. The topological polar surface area (TPSA) is 27.1 Å². The molecule has 1 heterocycles. The van der Waals surface area contributed by atoms with Crippen LogP contribution >= 0.6 is 0 Å². The van der Waals surface area contributed by atoms with Crippen molar-refractivity contribution in [3.05, 3.63) is 59.8 Å². The van der Waals surface area contributed by atoms with Crippen molar-refractivity contribution in [3.63, 3.8) is 0 Å². The maximum atomic E-state index is 5.81. The first-order valence-corrected chi connectivity index (χ1v) is 7.34. The third-order valence-corrected chi connectivity index (χ3v) is 3.81. The van der Waals surface area contributed by atoms with Crippen LogP contribution in [0.25, 0.3) is 10.9 Å². The van der Waals surface area contributed by atoms with Gasteiger partial charge in [-0.05, 0) is 43.2 Å². The van der Waals surface area contributed by atoms with Gasteiger partial charge >= 0.3 is 0 Å². The standard InChI is InChI=1S/C18H20N2O/c1-14-8-9-17(12-15(14)2)21-11-5-10-20-18-7-4-3-6-16(18)13-19-20/h3-4,6-9,12-13H,5,10-11H2,1-2H3. The summed E-state index contributed by atoms with van der Waals surface area (Å²) in [7, 11) is 0. The molecule has 3 nitrogen and oxygen atoms in total. The van der Waals surface area contributed by atoms with E-state index in [0.29, 0.717) is 6.61 Å². The Morgan fingerprint density at radius 1 is 1.05 bits per heavy atom. The van der Waals surface area contributed by atoms with Gasteiger partial charge in [0.2, 0.25) is 0 Å². The summed E-state index contributed by atoms with van der Waals surface area (Å²) in [5, 5.41) is 5.61. The van der Waals surface area contributed by atoms with Gasteiger partial charge in [0.25, 0.3) is 0 Å². The van der Waals surface area contributed by atoms with Crippen molar-refractivity contribution in [3.8, 4) is 5.75 Å². The minimum atomic E-state index is 0.705. The number of fused-ring (bicyclic) bond motifs is 1. The van der Waals surface area contributed by atoms with Gasteiger partial charge in [-0.15, -0.1) is 0 Å². The molecule has 108 valence electrons. The average molecular weight is 280 g/mol. The molecule has 0 saturated heterocycles. The minimum absolute atomic E-state index is 0.705. The fraction of sp³-hybridized carbons (Fsp3) is 0.278. The first kappa shape index (κ1) is 13.7. The Bertz CT molecular complexity index is 746. The second kappa shape index (κ2) is 6.00. The van der Waals surface area contributed by atoms with Crippen LogP contribution in [0.3, 0.4) is 0 Å². The van der Waals surface area contributed by atoms with E-state index in [-0.39, 0.29) is 0 Å². The molecule has 0 aliphatic rings. The van der Waals surface area contributed by atoms with Gasteiger partial charge in [0.05, 0.1) is 18.3 Å². The fourth-order valence-electron chi connectivity index (χ4n) is 2.41. The summed E-state index contributed by atoms with van der Waals surface area (Å²) in [6, 6.07) is 14.5. The predicted molar refractivity (Wildman–Crippen MR) is 85.8 cm³/mol. The maximum Gasteiger partial charge on any atom is 0.119 e. The van der Waals surface area contributed by atoms with Gasteiger partial charge in [0.1, 0.15) is 5.75 Å². The SMILES string of the molecule is Cc1ccc(OCCCn2ncc3ccccc32)cc1C. The number of ether oxygens (including phenoxy) is 1. The van der Waals surface area contributed by atoms with E-state index in [1.54, 1.807) is 0 Å². The maximum absolute atomic E-state index is 5.81. The molecule has 0 fully saturated rings. The van der Waals surface area contributed by atoms with Crippen LogP contribution in [-0.2, 0) is 6.54 Å². The summed E-state index contributed by atoms with van der Waals surface area (Å²) in [6.45, 7) is 5.80. The van der Waals surface area contributed by atoms with Gasteiger partial charge in [-0.25, -0.2) is 0 Å². The lowest BCUT2D eigenvalue weighted by molar-refractivity contribution is 0.299. The highest BCUT2D eigenvalue weighted by Gasteiger charge is 2.02. The third kappa shape index (κ3) is 3.07. The normalized spacial score (nSPS) is 11.0. The van der Waals surface area contributed by atoms with E-state index in [1.807, 2.05) is 29.1 Å². The number of hydrogen-bond donors (Lipinski definition) is 0. The predicted octanol–water partition coefficient (Wildman–Crippen LogP) is 4.12. The van der Waals surface area contributed by atoms with Crippen molar-refractivity contribution in [1.29, 1.82) is 0 Å². The van der Waals surface area contributed by atoms with Crippen LogP contribution in [0.4, 0.5) is 0 Å². The molecular weight excluding hydrogens is 260 g/mol. The van der Waals surface area contributed by atoms with Crippen LogP contribution in [0.15, 0.2) is 48.7 Å². The Kier molecular flexibility index (Phi) is 3.91. The quantitative estimate of drug-likeness (QED) is 0.657. The molecule has 3 rings (SSSR count). The fourth-order valence-corrected chi connectivity index (χ4v) is 2.41. The van der Waals surface area contributed by atoms with Crippen LogP contribution in [0.5, 0.6) is 5.75 Å². The lowest BCUT2D eigenvalue weighted by Gasteiger charge is -2.09. The average Bonchev–Trinajstić information content (AvgIpc) is 2.91. The van der Waals surface area contributed by atoms with Gasteiger partial charge in [-0.2, -0.15) is 5.10 Å². The monoisotopic (exact) mass is 280 g/mol. The van der Waals surface area contributed by atoms with Gasteiger partial charge < -0.3 is 4.74 Å². The summed E-state index contributed by atoms with van der Waals surface area (Å²) in [5.41, 5.74) is 3.75. The Balaban J connectivity index is 1.55. The highest BCUT2D eigenvalue weighted by Crippen LogP contribution is 2.17. The summed E-state index contributed by atoms with van der Waals surface area (Å²) in [4.78, 5) is 0. The summed E-state index contributed by atoms with van der Waals surface area (Å²) in [6.07, 6.45) is 2.86. The molecule has 21 heavy (non-hydrogen) atoms. The lowest BCUT2D eigenvalue weighted by Crippen LogP contribution is -2.05. The lowest BCUT2D eigenvalue weighted by atomic mass is 10.1. The van der Waals surface area contributed by atoms with E-state index in [1.165, 1.54) is 22.0 Å².